The van der Waals surface area contributed by atoms with E-state index < -0.39 is 69.1 Å². The van der Waals surface area contributed by atoms with Gasteiger partial charge in [-0.05, 0) is 148 Å². The number of hydrogen-bond acceptors (Lipinski definition) is 10. The lowest BCUT2D eigenvalue weighted by Gasteiger charge is -2.63. The third-order valence-electron chi connectivity index (χ3n) is 18.6. The Balaban J connectivity index is 0.971. The Hall–Kier alpha value is -4.41. The summed E-state index contributed by atoms with van der Waals surface area (Å²) >= 11 is 0. The maximum atomic E-state index is 14.2. The molecule has 15 nitrogen and oxygen atoms in total. The highest BCUT2D eigenvalue weighted by atomic mass is 19.1. The van der Waals surface area contributed by atoms with Crippen molar-refractivity contribution in [1.82, 2.24) is 30.0 Å². The summed E-state index contributed by atoms with van der Waals surface area (Å²) in [6.07, 6.45) is 6.52. The lowest BCUT2D eigenvalue weighted by atomic mass is 9.43. The molecule has 1 aromatic carbocycles. The fourth-order valence-electron chi connectivity index (χ4n) is 14.5. The number of nitrogens with zero attached hydrogens (tertiary/aromatic N) is 4. The molecule has 4 amide bonds. The number of aliphatic hydroxyl groups is 3. The number of aromatic hydroxyl groups is 1. The van der Waals surface area contributed by atoms with E-state index in [1.54, 1.807) is 13.0 Å². The third kappa shape index (κ3) is 7.93. The molecule has 1 aromatic heterocycles. The Bertz CT molecular complexity index is 2310. The molecule has 7 aliphatic rings. The molecule has 0 saturated heterocycles. The highest BCUT2D eigenvalue weighted by Gasteiger charge is 2.66. The molecule has 16 heteroatoms. The van der Waals surface area contributed by atoms with Crippen molar-refractivity contribution in [3.63, 3.8) is 0 Å². The van der Waals surface area contributed by atoms with Crippen LogP contribution in [0.25, 0.3) is 0 Å². The van der Waals surface area contributed by atoms with Gasteiger partial charge in [0.25, 0.3) is 11.5 Å². The summed E-state index contributed by atoms with van der Waals surface area (Å²) in [5.74, 6) is -2.78. The van der Waals surface area contributed by atoms with Gasteiger partial charge in [-0.3, -0.25) is 28.5 Å². The fourth-order valence-corrected chi connectivity index (χ4v) is 14.5. The number of aryl methyl sites for hydroxylation is 1. The average molecular weight is 919 g/mol. The van der Waals surface area contributed by atoms with E-state index in [2.05, 4.69) is 36.4 Å². The Morgan fingerprint density at radius 2 is 1.65 bits per heavy atom. The number of amides is 4. The van der Waals surface area contributed by atoms with Crippen molar-refractivity contribution < 1.29 is 44.0 Å². The van der Waals surface area contributed by atoms with E-state index in [1.807, 2.05) is 0 Å². The lowest BCUT2D eigenvalue weighted by molar-refractivity contribution is -0.207. The predicted molar refractivity (Wildman–Crippen MR) is 242 cm³/mol. The van der Waals surface area contributed by atoms with Crippen molar-refractivity contribution in [2.45, 2.75) is 148 Å². The van der Waals surface area contributed by atoms with Gasteiger partial charge in [0.2, 0.25) is 11.7 Å². The van der Waals surface area contributed by atoms with E-state index in [9.17, 15) is 48.8 Å². The van der Waals surface area contributed by atoms with Gasteiger partial charge in [-0.15, -0.1) is 0 Å². The molecule has 5 saturated carbocycles. The van der Waals surface area contributed by atoms with Crippen molar-refractivity contribution >= 4 is 23.6 Å². The first-order valence-electron chi connectivity index (χ1n) is 24.2. The van der Waals surface area contributed by atoms with Crippen LogP contribution in [0.15, 0.2) is 23.0 Å². The van der Waals surface area contributed by atoms with Gasteiger partial charge >= 0.3 is 11.8 Å². The van der Waals surface area contributed by atoms with Crippen LogP contribution in [-0.4, -0.2) is 109 Å². The molecule has 9 rings (SSSR count). The molecule has 5 aliphatic carbocycles. The number of aliphatic hydroxyl groups excluding tert-OH is 3. The summed E-state index contributed by atoms with van der Waals surface area (Å²) in [6, 6.07) is 4.37. The molecule has 66 heavy (non-hydrogen) atoms. The smallest absolute Gasteiger partial charge is 0.312 e. The van der Waals surface area contributed by atoms with E-state index in [1.165, 1.54) is 47.6 Å². The van der Waals surface area contributed by atoms with Gasteiger partial charge in [0, 0.05) is 52.6 Å². The van der Waals surface area contributed by atoms with Gasteiger partial charge in [-0.2, -0.15) is 0 Å². The van der Waals surface area contributed by atoms with Crippen molar-refractivity contribution in [2.75, 3.05) is 27.7 Å². The minimum Gasteiger partial charge on any atom is -0.501 e. The van der Waals surface area contributed by atoms with Crippen LogP contribution >= 0.6 is 0 Å². The number of aromatic nitrogens is 2. The summed E-state index contributed by atoms with van der Waals surface area (Å²) in [5, 5.41) is 51.4. The first-order valence-corrected chi connectivity index (χ1v) is 24.2. The number of nitrogens with one attached hydrogen (secondary N) is 2. The molecule has 6 N–H and O–H groups in total. The molecule has 5 fully saturated rings. The van der Waals surface area contributed by atoms with Crippen LogP contribution in [0.1, 0.15) is 132 Å². The van der Waals surface area contributed by atoms with Gasteiger partial charge in [-0.1, -0.05) is 32.9 Å². The maximum Gasteiger partial charge on any atom is 0.312 e. The molecule has 0 spiro atoms. The summed E-state index contributed by atoms with van der Waals surface area (Å²) < 4.78 is 15.2. The number of likely N-dealkylation sites (N-methyl/N-ethyl adjacent to an activating group) is 2. The molecular formula is C50H71FN6O9. The summed E-state index contributed by atoms with van der Waals surface area (Å²) in [4.78, 5) is 75.5. The van der Waals surface area contributed by atoms with Gasteiger partial charge in [0.1, 0.15) is 17.2 Å². The van der Waals surface area contributed by atoms with E-state index in [0.29, 0.717) is 49.7 Å². The van der Waals surface area contributed by atoms with E-state index in [0.717, 1.165) is 25.7 Å². The zero-order chi connectivity index (χ0) is 47.8. The first-order chi connectivity index (χ1) is 31.1. The van der Waals surface area contributed by atoms with Crippen molar-refractivity contribution in [3.8, 4) is 5.75 Å². The molecular weight excluding hydrogens is 848 g/mol. The Labute approximate surface area is 386 Å². The average Bonchev–Trinajstić information content (AvgIpc) is 3.50. The number of carbonyl (C=O) groups excluding carboxylic acids is 4. The lowest BCUT2D eigenvalue weighted by Crippen LogP contribution is -2.62. The fraction of sp³-hybridized carbons (Fsp3) is 0.720. The summed E-state index contributed by atoms with van der Waals surface area (Å²) in [7, 11) is 4.42. The minimum absolute atomic E-state index is 0.0128. The largest absolute Gasteiger partial charge is 0.501 e. The minimum atomic E-state index is -1.30. The number of hydrogen-bond donors (Lipinski definition) is 6. The van der Waals surface area contributed by atoms with E-state index in [4.69, 9.17) is 0 Å². The number of fused-ring (bicyclic) bond motifs is 7. The SMILES string of the molecule is Cc1cc(CNC(=O)c2nc3n(c(=O)c2O)CC2(CNC(=O)CCC(C)[C@H]4CC[C@H]5[C@@H]6[C@H](O)C[C@@H]7C[C@H](O)CC[C@]7(C)[C@H]6C[C@H](O)[C@]45C)CCC3(N(C)C(=O)C(=O)N(C)C)CC2)ccc1F. The Morgan fingerprint density at radius 1 is 0.939 bits per heavy atom. The number of halogens is 1. The monoisotopic (exact) mass is 919 g/mol. The number of benzene rings is 1. The zero-order valence-electron chi connectivity index (χ0n) is 39.7. The third-order valence-corrected chi connectivity index (χ3v) is 18.6. The second kappa shape index (κ2) is 17.6. The highest BCUT2D eigenvalue weighted by Crippen LogP contribution is 2.68. The predicted octanol–water partition coefficient (Wildman–Crippen LogP) is 4.14. The van der Waals surface area contributed by atoms with Crippen LogP contribution in [0, 0.1) is 64.5 Å². The second-order valence-electron chi connectivity index (χ2n) is 22.2. The maximum absolute atomic E-state index is 14.2. The molecule has 3 heterocycles. The van der Waals surface area contributed by atoms with Crippen molar-refractivity contribution in [1.29, 1.82) is 0 Å². The Morgan fingerprint density at radius 3 is 2.33 bits per heavy atom. The van der Waals surface area contributed by atoms with Crippen LogP contribution in [0.5, 0.6) is 5.75 Å². The second-order valence-corrected chi connectivity index (χ2v) is 22.2. The van der Waals surface area contributed by atoms with E-state index >= 15 is 0 Å². The van der Waals surface area contributed by atoms with Crippen molar-refractivity contribution in [2.24, 2.45) is 51.8 Å². The van der Waals surface area contributed by atoms with Gasteiger partial charge in [-0.25, -0.2) is 9.37 Å². The van der Waals surface area contributed by atoms with Crippen LogP contribution < -0.4 is 16.2 Å². The van der Waals surface area contributed by atoms with Gasteiger partial charge in [0.15, 0.2) is 5.69 Å². The number of carbonyl (C=O) groups is 4. The van der Waals surface area contributed by atoms with Crippen molar-refractivity contribution in [3.05, 3.63) is 57.0 Å². The molecule has 1 unspecified atom stereocenters. The van der Waals surface area contributed by atoms with Crippen LogP contribution in [0.2, 0.25) is 0 Å². The summed E-state index contributed by atoms with van der Waals surface area (Å²) in [6.45, 7) is 8.51. The standard InChI is InChI=1S/C50H71FN6O9/c1-27(32-10-11-33-39-34(23-37(60)48(32,33)4)47(3)15-14-31(58)21-30(47)22-36(39)59)8-13-38(61)53-25-49-16-18-50(19-17-49,56(7)45(66)44(65)55(5)6)46-54-40(41(62)43(64)57(46)26-49)42(63)52-24-29-9-12-35(51)28(2)20-29/h9,12,20,27,30-34,36-37,39,58-60,62H,8,10-11,13-19,21-26H2,1-7H3,(H,52,63)(H,53,61)/t27?,30-,31+,32+,33-,34-,36+,37-,39-,47-,48+,49?,50?/m0/s1. The van der Waals surface area contributed by atoms with Gasteiger partial charge < -0.3 is 40.9 Å². The normalized spacial score (nSPS) is 35.9. The molecule has 2 bridgehead atoms. The summed E-state index contributed by atoms with van der Waals surface area (Å²) in [5.41, 5.74) is -2.83. The van der Waals surface area contributed by atoms with Crippen LogP contribution in [-0.2, 0) is 33.0 Å². The topological polar surface area (TPSA) is 215 Å². The molecule has 2 aliphatic heterocycles. The molecule has 2 aromatic rings. The Kier molecular flexibility index (Phi) is 12.8. The van der Waals surface area contributed by atoms with Gasteiger partial charge in [0.05, 0.1) is 18.3 Å². The molecule has 11 atom stereocenters. The highest BCUT2D eigenvalue weighted by molar-refractivity contribution is 6.34. The quantitative estimate of drug-likeness (QED) is 0.188. The van der Waals surface area contributed by atoms with Crippen LogP contribution in [0.4, 0.5) is 4.39 Å². The zero-order valence-corrected chi connectivity index (χ0v) is 39.7. The number of rotatable bonds is 10. The molecule has 362 valence electrons. The van der Waals surface area contributed by atoms with E-state index in [-0.39, 0.29) is 97.7 Å². The van der Waals surface area contributed by atoms with Crippen LogP contribution in [0.3, 0.4) is 0 Å². The first kappa shape index (κ1) is 48.1. The molecule has 0 radical (unpaired) electrons.